The van der Waals surface area contributed by atoms with E-state index in [2.05, 4.69) is 116 Å². The molecule has 0 nitrogen and oxygen atoms in total. The van der Waals surface area contributed by atoms with Crippen molar-refractivity contribution in [2.24, 2.45) is 0 Å². The fraction of sp³-hybridized carbons (Fsp3) is 0.238. The van der Waals surface area contributed by atoms with Gasteiger partial charge in [-0.2, -0.15) is 0 Å². The molecule has 0 radical (unpaired) electrons. The monoisotopic (exact) mass is 460 g/mol. The van der Waals surface area contributed by atoms with Crippen LogP contribution < -0.4 is 0 Å². The molecule has 0 N–H and O–H groups in total. The SMILES string of the molecule is C[Si](C)(C)C1=C(c2ccccc2)C(c2ccccc2)=C(I)[Si]1(C)C. The van der Waals surface area contributed by atoms with E-state index in [4.69, 9.17) is 0 Å². The van der Waals surface area contributed by atoms with E-state index in [1.165, 1.54) is 16.7 Å². The summed E-state index contributed by atoms with van der Waals surface area (Å²) in [6.07, 6.45) is 0. The van der Waals surface area contributed by atoms with Crippen LogP contribution in [0.1, 0.15) is 11.1 Å². The molecule has 0 saturated carbocycles. The van der Waals surface area contributed by atoms with Crippen LogP contribution in [0.4, 0.5) is 0 Å². The van der Waals surface area contributed by atoms with Gasteiger partial charge in [-0.1, -0.05) is 121 Å². The van der Waals surface area contributed by atoms with Crippen LogP contribution in [0.2, 0.25) is 32.7 Å². The molecule has 0 fully saturated rings. The number of rotatable bonds is 3. The largest absolute Gasteiger partial charge is 0.112 e. The van der Waals surface area contributed by atoms with Gasteiger partial charge in [-0.3, -0.25) is 0 Å². The number of hydrogen-bond donors (Lipinski definition) is 0. The smallest absolute Gasteiger partial charge is 0.0777 e. The van der Waals surface area contributed by atoms with Crippen molar-refractivity contribution in [1.29, 1.82) is 0 Å². The maximum Gasteiger partial charge on any atom is 0.112 e. The van der Waals surface area contributed by atoms with E-state index in [9.17, 15) is 0 Å². The zero-order valence-electron chi connectivity index (χ0n) is 15.2. The average molecular weight is 461 g/mol. The summed E-state index contributed by atoms with van der Waals surface area (Å²) in [6, 6.07) is 22.0. The first kappa shape index (κ1) is 17.9. The third-order valence-corrected chi connectivity index (χ3v) is 18.1. The number of halogens is 1. The predicted octanol–water partition coefficient (Wildman–Crippen LogP) is 6.96. The van der Waals surface area contributed by atoms with Crippen LogP contribution in [-0.2, 0) is 0 Å². The molecule has 124 valence electrons. The first-order valence-electron chi connectivity index (χ1n) is 8.51. The molecule has 0 saturated heterocycles. The Kier molecular flexibility index (Phi) is 4.79. The Morgan fingerprint density at radius 3 is 1.54 bits per heavy atom. The summed E-state index contributed by atoms with van der Waals surface area (Å²) >= 11 is 2.66. The molecule has 0 bridgehead atoms. The van der Waals surface area contributed by atoms with Crippen molar-refractivity contribution in [1.82, 2.24) is 0 Å². The van der Waals surface area contributed by atoms with Gasteiger partial charge in [-0.15, -0.1) is 0 Å². The van der Waals surface area contributed by atoms with E-state index >= 15 is 0 Å². The number of hydrogen-bond acceptors (Lipinski definition) is 0. The molecule has 0 unspecified atom stereocenters. The second kappa shape index (κ2) is 6.43. The number of allylic oxidation sites excluding steroid dienone is 2. The Morgan fingerprint density at radius 2 is 1.12 bits per heavy atom. The standard InChI is InChI=1S/C21H25ISi2/c1-23(2,3)21-19(17-14-10-7-11-15-17)18(20(22)24(21,4)5)16-12-8-6-9-13-16/h6-15H,1-5H3. The van der Waals surface area contributed by atoms with Gasteiger partial charge >= 0.3 is 0 Å². The first-order valence-corrected chi connectivity index (χ1v) is 16.1. The summed E-state index contributed by atoms with van der Waals surface area (Å²) in [5.74, 6) is 0. The Labute approximate surface area is 161 Å². The molecule has 3 heteroatoms. The van der Waals surface area contributed by atoms with Crippen molar-refractivity contribution < 1.29 is 0 Å². The Hall–Kier alpha value is -0.916. The molecular formula is C21H25ISi2. The molecule has 1 aliphatic rings. The fourth-order valence-electron chi connectivity index (χ4n) is 4.05. The molecule has 2 aromatic carbocycles. The van der Waals surface area contributed by atoms with Crippen LogP contribution >= 0.6 is 22.6 Å². The minimum atomic E-state index is -1.59. The summed E-state index contributed by atoms with van der Waals surface area (Å²) in [6.45, 7) is 12.6. The zero-order chi connectivity index (χ0) is 17.5. The van der Waals surface area contributed by atoms with Crippen LogP contribution in [0.5, 0.6) is 0 Å². The van der Waals surface area contributed by atoms with Crippen molar-refractivity contribution in [3.8, 4) is 0 Å². The van der Waals surface area contributed by atoms with Crippen molar-refractivity contribution >= 4 is 49.9 Å². The van der Waals surface area contributed by atoms with Gasteiger partial charge in [0.1, 0.15) is 8.07 Å². The highest BCUT2D eigenvalue weighted by Crippen LogP contribution is 2.53. The lowest BCUT2D eigenvalue weighted by Gasteiger charge is -2.32. The molecule has 1 aliphatic heterocycles. The van der Waals surface area contributed by atoms with Crippen molar-refractivity contribution in [2.45, 2.75) is 32.7 Å². The second-order valence-electron chi connectivity index (χ2n) is 8.05. The minimum absolute atomic E-state index is 1.37. The molecule has 0 amide bonds. The summed E-state index contributed by atoms with van der Waals surface area (Å²) in [7, 11) is -3.02. The molecule has 24 heavy (non-hydrogen) atoms. The molecule has 0 aliphatic carbocycles. The van der Waals surface area contributed by atoms with E-state index < -0.39 is 16.1 Å². The minimum Gasteiger partial charge on any atom is -0.0777 e. The molecule has 0 atom stereocenters. The first-order chi connectivity index (χ1) is 11.2. The Bertz CT molecular complexity index is 810. The summed E-state index contributed by atoms with van der Waals surface area (Å²) in [4.78, 5) is 1.81. The molecule has 2 aromatic rings. The highest BCUT2D eigenvalue weighted by molar-refractivity contribution is 14.1. The lowest BCUT2D eigenvalue weighted by atomic mass is 9.95. The van der Waals surface area contributed by atoms with Crippen molar-refractivity contribution in [3.05, 3.63) is 79.8 Å². The highest BCUT2D eigenvalue weighted by atomic mass is 127. The fourth-order valence-corrected chi connectivity index (χ4v) is 17.1. The molecule has 0 aromatic heterocycles. The van der Waals surface area contributed by atoms with E-state index in [0.717, 1.165) is 0 Å². The lowest BCUT2D eigenvalue weighted by Crippen LogP contribution is -2.41. The van der Waals surface area contributed by atoms with Gasteiger partial charge in [0.15, 0.2) is 0 Å². The topological polar surface area (TPSA) is 0 Å². The third kappa shape index (κ3) is 3.02. The van der Waals surface area contributed by atoms with Crippen LogP contribution in [0.25, 0.3) is 11.1 Å². The molecule has 3 rings (SSSR count). The van der Waals surface area contributed by atoms with Gasteiger partial charge in [0.25, 0.3) is 0 Å². The Balaban J connectivity index is 2.38. The second-order valence-corrected chi connectivity index (χ2v) is 19.9. The van der Waals surface area contributed by atoms with E-state index in [1.807, 2.05) is 4.82 Å². The maximum atomic E-state index is 2.66. The normalized spacial score (nSPS) is 17.6. The van der Waals surface area contributed by atoms with E-state index in [1.54, 1.807) is 8.78 Å². The molecule has 1 heterocycles. The summed E-state index contributed by atoms with van der Waals surface area (Å²) < 4.78 is 1.61. The quantitative estimate of drug-likeness (QED) is 0.343. The van der Waals surface area contributed by atoms with E-state index in [0.29, 0.717) is 0 Å². The molecule has 0 spiro atoms. The van der Waals surface area contributed by atoms with Gasteiger partial charge in [0.05, 0.1) is 8.07 Å². The predicted molar refractivity (Wildman–Crippen MR) is 122 cm³/mol. The Morgan fingerprint density at radius 1 is 0.708 bits per heavy atom. The lowest BCUT2D eigenvalue weighted by molar-refractivity contribution is 1.58. The van der Waals surface area contributed by atoms with Crippen LogP contribution in [0.15, 0.2) is 68.7 Å². The van der Waals surface area contributed by atoms with Crippen molar-refractivity contribution in [3.63, 3.8) is 0 Å². The zero-order valence-corrected chi connectivity index (χ0v) is 19.3. The van der Waals surface area contributed by atoms with Crippen LogP contribution in [0.3, 0.4) is 0 Å². The van der Waals surface area contributed by atoms with Crippen LogP contribution in [0, 0.1) is 0 Å². The van der Waals surface area contributed by atoms with Gasteiger partial charge < -0.3 is 0 Å². The van der Waals surface area contributed by atoms with E-state index in [-0.39, 0.29) is 0 Å². The van der Waals surface area contributed by atoms with Crippen LogP contribution in [-0.4, -0.2) is 16.1 Å². The van der Waals surface area contributed by atoms with Gasteiger partial charge in [-0.25, -0.2) is 0 Å². The summed E-state index contributed by atoms with van der Waals surface area (Å²) in [5.41, 5.74) is 5.80. The summed E-state index contributed by atoms with van der Waals surface area (Å²) in [5, 5.41) is 0. The maximum absolute atomic E-state index is 2.66. The van der Waals surface area contributed by atoms with Gasteiger partial charge in [0, 0.05) is 0 Å². The molecular weight excluding hydrogens is 435 g/mol. The highest BCUT2D eigenvalue weighted by Gasteiger charge is 2.46. The van der Waals surface area contributed by atoms with Crippen molar-refractivity contribution in [2.75, 3.05) is 0 Å². The number of benzene rings is 2. The third-order valence-electron chi connectivity index (χ3n) is 4.77. The average Bonchev–Trinajstić information content (AvgIpc) is 2.76. The van der Waals surface area contributed by atoms with Gasteiger partial charge in [0.2, 0.25) is 0 Å². The van der Waals surface area contributed by atoms with Gasteiger partial charge in [-0.05, 0) is 25.5 Å².